The van der Waals surface area contributed by atoms with E-state index in [1.807, 2.05) is 14.0 Å². The summed E-state index contributed by atoms with van der Waals surface area (Å²) in [4.78, 5) is 2.17. The van der Waals surface area contributed by atoms with E-state index < -0.39 is 0 Å². The summed E-state index contributed by atoms with van der Waals surface area (Å²) in [5, 5.41) is 12.3. The molecule has 3 N–H and O–H groups in total. The molecule has 1 rings (SSSR count). The maximum absolute atomic E-state index is 7.31. The highest BCUT2D eigenvalue weighted by molar-refractivity contribution is 6.30. The molecule has 1 heterocycles. The summed E-state index contributed by atoms with van der Waals surface area (Å²) in [6.07, 6.45) is 0.542. The van der Waals surface area contributed by atoms with Crippen molar-refractivity contribution >= 4 is 17.4 Å². The van der Waals surface area contributed by atoms with Crippen LogP contribution >= 0.6 is 11.6 Å². The number of nitrogens with zero attached hydrogens (tertiary/aromatic N) is 3. The molecule has 1 aromatic heterocycles. The molecule has 0 amide bonds. The molecule has 6 nitrogen and oxygen atoms in total. The number of ether oxygens (including phenoxy) is 1. The highest BCUT2D eigenvalue weighted by atomic mass is 35.5. The summed E-state index contributed by atoms with van der Waals surface area (Å²) in [7, 11) is 3.50. The van der Waals surface area contributed by atoms with Crippen LogP contribution in [0, 0.1) is 12.3 Å². The first-order valence-electron chi connectivity index (χ1n) is 6.17. The first-order chi connectivity index (χ1) is 8.95. The van der Waals surface area contributed by atoms with E-state index in [0.29, 0.717) is 31.3 Å². The third-order valence-corrected chi connectivity index (χ3v) is 3.43. The van der Waals surface area contributed by atoms with Crippen molar-refractivity contribution in [2.45, 2.75) is 19.9 Å². The van der Waals surface area contributed by atoms with Gasteiger partial charge < -0.3 is 10.5 Å². The molecule has 0 spiro atoms. The lowest BCUT2D eigenvalue weighted by atomic mass is 10.2. The van der Waals surface area contributed by atoms with Crippen LogP contribution in [0.15, 0.2) is 0 Å². The zero-order valence-corrected chi connectivity index (χ0v) is 12.5. The molecule has 0 aliphatic carbocycles. The Labute approximate surface area is 119 Å². The summed E-state index contributed by atoms with van der Waals surface area (Å²) in [6.45, 7) is 4.75. The Bertz CT molecular complexity index is 432. The number of halogens is 1. The van der Waals surface area contributed by atoms with E-state index in [2.05, 4.69) is 10.00 Å². The monoisotopic (exact) mass is 287 g/mol. The Morgan fingerprint density at radius 2 is 2.21 bits per heavy atom. The molecule has 0 saturated heterocycles. The fraction of sp³-hybridized carbons (Fsp3) is 0.667. The number of nitrogens with one attached hydrogen (secondary N) is 1. The third-order valence-electron chi connectivity index (χ3n) is 2.96. The summed E-state index contributed by atoms with van der Waals surface area (Å²) in [6, 6.07) is 0. The molecule has 19 heavy (non-hydrogen) atoms. The van der Waals surface area contributed by atoms with Gasteiger partial charge in [0.1, 0.15) is 5.15 Å². The second-order valence-corrected chi connectivity index (χ2v) is 4.88. The SMILES string of the molecule is COCCN(CCC(=N)N)Cc1c(C)nn(C)c1Cl. The Morgan fingerprint density at radius 3 is 2.68 bits per heavy atom. The lowest BCUT2D eigenvalue weighted by molar-refractivity contribution is 0.145. The van der Waals surface area contributed by atoms with Crippen molar-refractivity contribution in [1.82, 2.24) is 14.7 Å². The van der Waals surface area contributed by atoms with Gasteiger partial charge in [-0.1, -0.05) is 11.6 Å². The summed E-state index contributed by atoms with van der Waals surface area (Å²) in [5.41, 5.74) is 7.36. The van der Waals surface area contributed by atoms with Crippen molar-refractivity contribution in [3.63, 3.8) is 0 Å². The molecule has 0 atom stereocenters. The van der Waals surface area contributed by atoms with Crippen LogP contribution in [0.2, 0.25) is 5.15 Å². The summed E-state index contributed by atoms with van der Waals surface area (Å²) >= 11 is 6.23. The summed E-state index contributed by atoms with van der Waals surface area (Å²) in [5.74, 6) is 0.191. The van der Waals surface area contributed by atoms with Gasteiger partial charge in [0.15, 0.2) is 0 Å². The second kappa shape index (κ2) is 7.47. The number of hydrogen-bond acceptors (Lipinski definition) is 4. The Kier molecular flexibility index (Phi) is 6.27. The highest BCUT2D eigenvalue weighted by Crippen LogP contribution is 2.20. The van der Waals surface area contributed by atoms with Gasteiger partial charge in [-0.25, -0.2) is 0 Å². The average molecular weight is 288 g/mol. The number of aromatic nitrogens is 2. The predicted molar refractivity (Wildman–Crippen MR) is 76.6 cm³/mol. The van der Waals surface area contributed by atoms with Crippen LogP contribution < -0.4 is 5.73 Å². The van der Waals surface area contributed by atoms with Crippen molar-refractivity contribution < 1.29 is 4.74 Å². The number of rotatable bonds is 8. The number of hydrogen-bond donors (Lipinski definition) is 2. The first-order valence-corrected chi connectivity index (χ1v) is 6.55. The molecular weight excluding hydrogens is 266 g/mol. The molecule has 7 heteroatoms. The zero-order valence-electron chi connectivity index (χ0n) is 11.7. The van der Waals surface area contributed by atoms with Crippen molar-refractivity contribution in [3.05, 3.63) is 16.4 Å². The molecule has 0 unspecified atom stereocenters. The second-order valence-electron chi connectivity index (χ2n) is 4.52. The maximum atomic E-state index is 7.31. The van der Waals surface area contributed by atoms with E-state index in [4.69, 9.17) is 27.5 Å². The van der Waals surface area contributed by atoms with Crippen LogP contribution in [0.3, 0.4) is 0 Å². The molecule has 0 aliphatic rings. The molecule has 0 aromatic carbocycles. The zero-order chi connectivity index (χ0) is 14.4. The van der Waals surface area contributed by atoms with Gasteiger partial charge in [-0.05, 0) is 6.92 Å². The number of amidine groups is 1. The quantitative estimate of drug-likeness (QED) is 0.555. The maximum Gasteiger partial charge on any atom is 0.131 e. The number of nitrogens with two attached hydrogens (primary N) is 1. The van der Waals surface area contributed by atoms with Crippen LogP contribution in [-0.4, -0.2) is 47.3 Å². The van der Waals surface area contributed by atoms with Gasteiger partial charge in [0.2, 0.25) is 0 Å². The van der Waals surface area contributed by atoms with E-state index in [1.165, 1.54) is 0 Å². The topological polar surface area (TPSA) is 80.2 Å². The minimum Gasteiger partial charge on any atom is -0.388 e. The highest BCUT2D eigenvalue weighted by Gasteiger charge is 2.15. The van der Waals surface area contributed by atoms with E-state index in [9.17, 15) is 0 Å². The molecule has 0 aliphatic heterocycles. The van der Waals surface area contributed by atoms with Gasteiger partial charge in [0, 0.05) is 45.8 Å². The first kappa shape index (κ1) is 15.9. The van der Waals surface area contributed by atoms with Gasteiger partial charge in [-0.15, -0.1) is 0 Å². The van der Waals surface area contributed by atoms with E-state index in [0.717, 1.165) is 17.8 Å². The van der Waals surface area contributed by atoms with Gasteiger partial charge in [0.25, 0.3) is 0 Å². The lowest BCUT2D eigenvalue weighted by Gasteiger charge is -2.21. The molecule has 0 saturated carbocycles. The Morgan fingerprint density at radius 1 is 1.53 bits per heavy atom. The molecule has 108 valence electrons. The van der Waals surface area contributed by atoms with Crippen molar-refractivity contribution in [1.29, 1.82) is 5.41 Å². The number of aryl methyl sites for hydroxylation is 2. The fourth-order valence-electron chi connectivity index (χ4n) is 1.85. The van der Waals surface area contributed by atoms with E-state index >= 15 is 0 Å². The average Bonchev–Trinajstić information content (AvgIpc) is 2.58. The molecule has 0 radical (unpaired) electrons. The van der Waals surface area contributed by atoms with Crippen LogP contribution in [-0.2, 0) is 18.3 Å². The van der Waals surface area contributed by atoms with Gasteiger partial charge in [-0.3, -0.25) is 15.0 Å². The largest absolute Gasteiger partial charge is 0.388 e. The lowest BCUT2D eigenvalue weighted by Crippen LogP contribution is -2.30. The molecule has 0 bridgehead atoms. The Balaban J connectivity index is 2.72. The van der Waals surface area contributed by atoms with Crippen LogP contribution in [0.25, 0.3) is 0 Å². The summed E-state index contributed by atoms with van der Waals surface area (Å²) < 4.78 is 6.77. The number of methoxy groups -OCH3 is 1. The van der Waals surface area contributed by atoms with Gasteiger partial charge in [0.05, 0.1) is 18.1 Å². The third kappa shape index (κ3) is 4.81. The van der Waals surface area contributed by atoms with Crippen molar-refractivity contribution in [2.24, 2.45) is 12.8 Å². The van der Waals surface area contributed by atoms with Crippen molar-refractivity contribution in [3.8, 4) is 0 Å². The van der Waals surface area contributed by atoms with Crippen LogP contribution in [0.1, 0.15) is 17.7 Å². The molecule has 0 fully saturated rings. The predicted octanol–water partition coefficient (Wildman–Crippen LogP) is 1.16. The van der Waals surface area contributed by atoms with Crippen LogP contribution in [0.4, 0.5) is 0 Å². The molecular formula is C12H22ClN5O. The molecule has 1 aromatic rings. The van der Waals surface area contributed by atoms with Crippen LogP contribution in [0.5, 0.6) is 0 Å². The minimum absolute atomic E-state index is 0.191. The fourth-order valence-corrected chi connectivity index (χ4v) is 2.08. The normalized spacial score (nSPS) is 11.2. The smallest absolute Gasteiger partial charge is 0.131 e. The van der Waals surface area contributed by atoms with Crippen molar-refractivity contribution in [2.75, 3.05) is 26.8 Å². The van der Waals surface area contributed by atoms with Gasteiger partial charge in [-0.2, -0.15) is 5.10 Å². The van der Waals surface area contributed by atoms with Gasteiger partial charge >= 0.3 is 0 Å². The standard InChI is InChI=1S/C12H22ClN5O/c1-9-10(12(13)17(2)16-9)8-18(6-7-19-3)5-4-11(14)15/h4-8H2,1-3H3,(H3,14,15). The van der Waals surface area contributed by atoms with E-state index in [1.54, 1.807) is 11.8 Å². The van der Waals surface area contributed by atoms with E-state index in [-0.39, 0.29) is 5.84 Å². The minimum atomic E-state index is 0.191. The Hall–Kier alpha value is -1.11.